The highest BCUT2D eigenvalue weighted by Crippen LogP contribution is 2.36. The molecule has 0 bridgehead atoms. The Bertz CT molecular complexity index is 429. The smallest absolute Gasteiger partial charge is 0.304 e. The van der Waals surface area contributed by atoms with Crippen molar-refractivity contribution in [1.29, 1.82) is 0 Å². The molecule has 0 aromatic carbocycles. The molecule has 0 radical (unpaired) electrons. The predicted octanol–water partition coefficient (Wildman–Crippen LogP) is -0.742. The second kappa shape index (κ2) is 11.2. The Hall–Kier alpha value is -1.75. The maximum atomic E-state index is 10.7. The van der Waals surface area contributed by atoms with E-state index in [9.17, 15) is 29.7 Å². The van der Waals surface area contributed by atoms with E-state index in [2.05, 4.69) is 5.32 Å². The molecule has 27 heavy (non-hydrogen) atoms. The van der Waals surface area contributed by atoms with Crippen LogP contribution in [0, 0.1) is 11.8 Å². The molecule has 1 aliphatic rings. The number of rotatable bonds is 12. The van der Waals surface area contributed by atoms with Gasteiger partial charge >= 0.3 is 17.9 Å². The number of hydrogen-bond donors (Lipinski definition) is 7. The van der Waals surface area contributed by atoms with E-state index in [1.807, 2.05) is 0 Å². The molecule has 1 saturated carbocycles. The molecule has 0 heterocycles. The third-order valence-corrected chi connectivity index (χ3v) is 5.07. The van der Waals surface area contributed by atoms with Crippen LogP contribution < -0.4 is 5.32 Å². The molecule has 4 unspecified atom stereocenters. The van der Waals surface area contributed by atoms with Crippen molar-refractivity contribution in [3.63, 3.8) is 0 Å². The molecule has 1 fully saturated rings. The van der Waals surface area contributed by atoms with E-state index in [0.29, 0.717) is 0 Å². The van der Waals surface area contributed by atoms with Crippen LogP contribution in [-0.2, 0) is 14.4 Å². The number of carboxylic acid groups (broad SMARTS) is 3. The average Bonchev–Trinajstić information content (AvgIpc) is 2.56. The Kier molecular flexibility index (Phi) is 9.64. The van der Waals surface area contributed by atoms with Gasteiger partial charge in [-0.25, -0.2) is 0 Å². The second-order valence-corrected chi connectivity index (χ2v) is 7.00. The van der Waals surface area contributed by atoms with Crippen molar-refractivity contribution >= 4 is 17.9 Å². The van der Waals surface area contributed by atoms with Gasteiger partial charge in [0, 0.05) is 31.2 Å². The summed E-state index contributed by atoms with van der Waals surface area (Å²) in [7, 11) is 0. The van der Waals surface area contributed by atoms with Gasteiger partial charge in [-0.05, 0) is 25.7 Å². The summed E-state index contributed by atoms with van der Waals surface area (Å²) >= 11 is 0. The van der Waals surface area contributed by atoms with E-state index in [1.54, 1.807) is 0 Å². The normalized spacial score (nSPS) is 30.8. The fourth-order valence-electron chi connectivity index (χ4n) is 3.70. The number of aliphatic hydroxyl groups excluding tert-OH is 3. The minimum Gasteiger partial charge on any atom is -0.481 e. The van der Waals surface area contributed by atoms with Crippen molar-refractivity contribution in [2.75, 3.05) is 6.54 Å². The molecule has 4 atom stereocenters. The Labute approximate surface area is 156 Å². The highest BCUT2D eigenvalue weighted by molar-refractivity contribution is 5.67. The summed E-state index contributed by atoms with van der Waals surface area (Å²) in [6, 6.07) is -0.891. The third-order valence-electron chi connectivity index (χ3n) is 5.07. The van der Waals surface area contributed by atoms with Gasteiger partial charge in [0.2, 0.25) is 0 Å². The number of aliphatic carboxylic acids is 3. The standard InChI is InChI=1S/C17H29NO9/c19-11(20)5-1-3-9-15(25)10(4-2-6-12(21)22)17(27)14(16(9)26)18-8-7-13(23)24/h9-10,14-18,25-27H,1-8H2,(H,19,20)(H,21,22)(H,23,24). The second-order valence-electron chi connectivity index (χ2n) is 7.00. The molecule has 0 aliphatic heterocycles. The first-order valence-electron chi connectivity index (χ1n) is 9.08. The number of aliphatic hydroxyl groups is 3. The zero-order valence-corrected chi connectivity index (χ0v) is 15.0. The van der Waals surface area contributed by atoms with Crippen LogP contribution in [0.3, 0.4) is 0 Å². The van der Waals surface area contributed by atoms with Crippen LogP contribution in [0.5, 0.6) is 0 Å². The molecular formula is C17H29NO9. The molecule has 10 nitrogen and oxygen atoms in total. The van der Waals surface area contributed by atoms with Crippen molar-refractivity contribution in [3.05, 3.63) is 0 Å². The molecule has 1 rings (SSSR count). The predicted molar refractivity (Wildman–Crippen MR) is 92.0 cm³/mol. The van der Waals surface area contributed by atoms with E-state index in [-0.39, 0.29) is 51.5 Å². The van der Waals surface area contributed by atoms with E-state index in [4.69, 9.17) is 15.3 Å². The number of hydrogen-bond acceptors (Lipinski definition) is 7. The zero-order valence-electron chi connectivity index (χ0n) is 15.0. The molecule has 10 heteroatoms. The summed E-state index contributed by atoms with van der Waals surface area (Å²) in [6.45, 7) is 0.00784. The van der Waals surface area contributed by atoms with Crippen LogP contribution in [0.2, 0.25) is 0 Å². The highest BCUT2D eigenvalue weighted by atomic mass is 16.4. The van der Waals surface area contributed by atoms with Gasteiger partial charge in [0.25, 0.3) is 0 Å². The van der Waals surface area contributed by atoms with Crippen molar-refractivity contribution in [2.45, 2.75) is 69.3 Å². The Morgan fingerprint density at radius 1 is 0.667 bits per heavy atom. The van der Waals surface area contributed by atoms with E-state index >= 15 is 0 Å². The van der Waals surface area contributed by atoms with Crippen LogP contribution in [0.25, 0.3) is 0 Å². The molecule has 0 amide bonds. The minimum atomic E-state index is -1.19. The lowest BCUT2D eigenvalue weighted by Gasteiger charge is -2.47. The first-order valence-corrected chi connectivity index (χ1v) is 9.08. The van der Waals surface area contributed by atoms with Crippen LogP contribution in [0.1, 0.15) is 44.9 Å². The molecule has 0 aromatic rings. The topological polar surface area (TPSA) is 185 Å². The number of carboxylic acids is 3. The summed E-state index contributed by atoms with van der Waals surface area (Å²) in [5.41, 5.74) is 0. The van der Waals surface area contributed by atoms with Crippen molar-refractivity contribution in [3.8, 4) is 0 Å². The molecule has 156 valence electrons. The van der Waals surface area contributed by atoms with Crippen LogP contribution in [0.15, 0.2) is 0 Å². The lowest BCUT2D eigenvalue weighted by atomic mass is 9.69. The summed E-state index contributed by atoms with van der Waals surface area (Å²) in [6.07, 6.45) is -3.06. The zero-order chi connectivity index (χ0) is 20.6. The fourth-order valence-corrected chi connectivity index (χ4v) is 3.70. The van der Waals surface area contributed by atoms with Crippen molar-refractivity contribution in [1.82, 2.24) is 5.32 Å². The van der Waals surface area contributed by atoms with Crippen LogP contribution in [-0.4, -0.2) is 79.4 Å². The van der Waals surface area contributed by atoms with E-state index in [1.165, 1.54) is 0 Å². The van der Waals surface area contributed by atoms with Crippen LogP contribution >= 0.6 is 0 Å². The molecular weight excluding hydrogens is 362 g/mol. The monoisotopic (exact) mass is 391 g/mol. The Morgan fingerprint density at radius 2 is 1.07 bits per heavy atom. The first-order chi connectivity index (χ1) is 12.6. The number of nitrogens with one attached hydrogen (secondary N) is 1. The molecule has 0 spiro atoms. The van der Waals surface area contributed by atoms with Gasteiger partial charge in [-0.15, -0.1) is 0 Å². The van der Waals surface area contributed by atoms with Gasteiger partial charge in [0.15, 0.2) is 0 Å². The van der Waals surface area contributed by atoms with Crippen molar-refractivity contribution < 1.29 is 45.0 Å². The van der Waals surface area contributed by atoms with Gasteiger partial charge in [-0.2, -0.15) is 0 Å². The average molecular weight is 391 g/mol. The summed E-state index contributed by atoms with van der Waals surface area (Å²) < 4.78 is 0. The summed E-state index contributed by atoms with van der Waals surface area (Å²) in [5, 5.41) is 60.8. The minimum absolute atomic E-state index is 0.00784. The van der Waals surface area contributed by atoms with Gasteiger partial charge in [-0.3, -0.25) is 14.4 Å². The Morgan fingerprint density at radius 3 is 1.44 bits per heavy atom. The molecule has 1 aliphatic carbocycles. The summed E-state index contributed by atoms with van der Waals surface area (Å²) in [5.74, 6) is -4.44. The van der Waals surface area contributed by atoms with Gasteiger partial charge in [0.1, 0.15) is 0 Å². The van der Waals surface area contributed by atoms with Crippen molar-refractivity contribution in [2.24, 2.45) is 11.8 Å². The summed E-state index contributed by atoms with van der Waals surface area (Å²) in [4.78, 5) is 32.1. The lowest BCUT2D eigenvalue weighted by molar-refractivity contribution is -0.144. The SMILES string of the molecule is O=C(O)CCCC1C(O)C(CCCC(=O)O)C(O)C(NCCC(=O)O)C1O. The van der Waals surface area contributed by atoms with E-state index in [0.717, 1.165) is 0 Å². The fraction of sp³-hybridized carbons (Fsp3) is 0.824. The largest absolute Gasteiger partial charge is 0.481 e. The maximum absolute atomic E-state index is 10.7. The lowest BCUT2D eigenvalue weighted by Crippen LogP contribution is -2.63. The third kappa shape index (κ3) is 7.41. The highest BCUT2D eigenvalue weighted by Gasteiger charge is 2.48. The Balaban J connectivity index is 2.84. The van der Waals surface area contributed by atoms with Gasteiger partial charge in [-0.1, -0.05) is 0 Å². The first kappa shape index (κ1) is 23.3. The molecule has 0 aromatic heterocycles. The van der Waals surface area contributed by atoms with E-state index < -0.39 is 54.1 Å². The molecule has 0 saturated heterocycles. The quantitative estimate of drug-likeness (QED) is 0.223. The van der Waals surface area contributed by atoms with Gasteiger partial charge < -0.3 is 36.0 Å². The van der Waals surface area contributed by atoms with Crippen LogP contribution in [0.4, 0.5) is 0 Å². The van der Waals surface area contributed by atoms with Gasteiger partial charge in [0.05, 0.1) is 30.8 Å². The maximum Gasteiger partial charge on any atom is 0.304 e. The molecule has 7 N–H and O–H groups in total. The number of carbonyl (C=O) groups is 3.